The van der Waals surface area contributed by atoms with Gasteiger partial charge in [-0.3, -0.25) is 0 Å². The van der Waals surface area contributed by atoms with Crippen LogP contribution in [-0.2, 0) is 11.3 Å². The molecule has 0 saturated carbocycles. The SMILES string of the molecule is CNCc1nnc(NCC(C)COC)o1. The molecule has 1 unspecified atom stereocenters. The van der Waals surface area contributed by atoms with E-state index in [1.54, 1.807) is 7.11 Å². The maximum atomic E-state index is 5.32. The zero-order chi connectivity index (χ0) is 11.1. The van der Waals surface area contributed by atoms with Crippen molar-refractivity contribution in [3.8, 4) is 0 Å². The normalized spacial score (nSPS) is 12.7. The summed E-state index contributed by atoms with van der Waals surface area (Å²) >= 11 is 0. The second kappa shape index (κ2) is 6.36. The Labute approximate surface area is 89.4 Å². The fourth-order valence-corrected chi connectivity index (χ4v) is 1.15. The number of nitrogens with one attached hydrogen (secondary N) is 2. The minimum absolute atomic E-state index is 0.412. The van der Waals surface area contributed by atoms with Gasteiger partial charge in [0, 0.05) is 13.7 Å². The van der Waals surface area contributed by atoms with Crippen LogP contribution < -0.4 is 10.6 Å². The van der Waals surface area contributed by atoms with Crippen LogP contribution in [0, 0.1) is 5.92 Å². The second-order valence-corrected chi connectivity index (χ2v) is 3.47. The van der Waals surface area contributed by atoms with Gasteiger partial charge in [-0.15, -0.1) is 5.10 Å². The predicted molar refractivity (Wildman–Crippen MR) is 56.6 cm³/mol. The van der Waals surface area contributed by atoms with E-state index < -0.39 is 0 Å². The van der Waals surface area contributed by atoms with Crippen LogP contribution in [0.2, 0.25) is 0 Å². The number of anilines is 1. The molecule has 0 spiro atoms. The summed E-state index contributed by atoms with van der Waals surface area (Å²) in [5.41, 5.74) is 0. The van der Waals surface area contributed by atoms with Gasteiger partial charge in [0.1, 0.15) is 0 Å². The van der Waals surface area contributed by atoms with Gasteiger partial charge >= 0.3 is 6.01 Å². The fraction of sp³-hybridized carbons (Fsp3) is 0.778. The minimum Gasteiger partial charge on any atom is -0.407 e. The monoisotopic (exact) mass is 214 g/mol. The Bertz CT molecular complexity index is 277. The van der Waals surface area contributed by atoms with Crippen LogP contribution in [0.4, 0.5) is 6.01 Å². The molecule has 1 aromatic rings. The van der Waals surface area contributed by atoms with E-state index in [-0.39, 0.29) is 0 Å². The van der Waals surface area contributed by atoms with Crippen LogP contribution in [0.25, 0.3) is 0 Å². The molecular formula is C9H18N4O2. The number of ether oxygens (including phenoxy) is 1. The lowest BCUT2D eigenvalue weighted by Crippen LogP contribution is -2.15. The Kier molecular flexibility index (Phi) is 5.06. The summed E-state index contributed by atoms with van der Waals surface area (Å²) in [4.78, 5) is 0. The van der Waals surface area contributed by atoms with Gasteiger partial charge in [-0.1, -0.05) is 12.0 Å². The van der Waals surface area contributed by atoms with Crippen LogP contribution in [0.3, 0.4) is 0 Å². The van der Waals surface area contributed by atoms with Gasteiger partial charge in [0.05, 0.1) is 13.2 Å². The number of hydrogen-bond acceptors (Lipinski definition) is 6. The molecule has 0 aliphatic carbocycles. The van der Waals surface area contributed by atoms with Gasteiger partial charge in [-0.2, -0.15) is 0 Å². The second-order valence-electron chi connectivity index (χ2n) is 3.47. The highest BCUT2D eigenvalue weighted by molar-refractivity contribution is 5.16. The maximum absolute atomic E-state index is 5.32. The van der Waals surface area contributed by atoms with Crippen LogP contribution in [0.15, 0.2) is 4.42 Å². The molecule has 86 valence electrons. The molecule has 0 fully saturated rings. The van der Waals surface area contributed by atoms with Gasteiger partial charge in [0.15, 0.2) is 0 Å². The van der Waals surface area contributed by atoms with Crippen molar-refractivity contribution in [1.29, 1.82) is 0 Å². The molecule has 1 heterocycles. The third-order valence-corrected chi connectivity index (χ3v) is 1.85. The van der Waals surface area contributed by atoms with Crippen LogP contribution >= 0.6 is 0 Å². The first-order valence-electron chi connectivity index (χ1n) is 4.96. The number of rotatable bonds is 7. The zero-order valence-corrected chi connectivity index (χ0v) is 9.41. The van der Waals surface area contributed by atoms with Crippen molar-refractivity contribution < 1.29 is 9.15 Å². The van der Waals surface area contributed by atoms with Crippen molar-refractivity contribution in [3.63, 3.8) is 0 Å². The molecule has 0 aliphatic heterocycles. The highest BCUT2D eigenvalue weighted by Crippen LogP contribution is 2.06. The summed E-state index contributed by atoms with van der Waals surface area (Å²) in [6.45, 7) is 4.14. The number of aromatic nitrogens is 2. The van der Waals surface area contributed by atoms with Gasteiger partial charge < -0.3 is 19.8 Å². The van der Waals surface area contributed by atoms with E-state index in [4.69, 9.17) is 9.15 Å². The van der Waals surface area contributed by atoms with E-state index in [1.165, 1.54) is 0 Å². The Balaban J connectivity index is 2.30. The predicted octanol–water partition coefficient (Wildman–Crippen LogP) is 0.483. The minimum atomic E-state index is 0.412. The molecule has 0 bridgehead atoms. The van der Waals surface area contributed by atoms with Gasteiger partial charge in [-0.25, -0.2) is 0 Å². The number of hydrogen-bond donors (Lipinski definition) is 2. The van der Waals surface area contributed by atoms with Crippen LogP contribution in [0.5, 0.6) is 0 Å². The maximum Gasteiger partial charge on any atom is 0.315 e. The Hall–Kier alpha value is -1.14. The summed E-state index contributed by atoms with van der Waals surface area (Å²) in [6.07, 6.45) is 0. The van der Waals surface area contributed by atoms with Crippen molar-refractivity contribution >= 4 is 6.01 Å². The van der Waals surface area contributed by atoms with E-state index in [9.17, 15) is 0 Å². The Morgan fingerprint density at radius 1 is 1.47 bits per heavy atom. The molecule has 0 aliphatic rings. The lowest BCUT2D eigenvalue weighted by Gasteiger charge is -2.09. The van der Waals surface area contributed by atoms with E-state index >= 15 is 0 Å². The van der Waals surface area contributed by atoms with Crippen molar-refractivity contribution in [1.82, 2.24) is 15.5 Å². The molecule has 0 saturated heterocycles. The van der Waals surface area contributed by atoms with Gasteiger partial charge in [0.2, 0.25) is 5.89 Å². The van der Waals surface area contributed by atoms with Crippen LogP contribution in [0.1, 0.15) is 12.8 Å². The summed E-state index contributed by atoms with van der Waals surface area (Å²) in [5, 5.41) is 13.7. The van der Waals surface area contributed by atoms with Crippen molar-refractivity contribution in [2.75, 3.05) is 32.6 Å². The summed E-state index contributed by atoms with van der Waals surface area (Å²) < 4.78 is 10.3. The summed E-state index contributed by atoms with van der Waals surface area (Å²) in [6, 6.07) is 0.461. The summed E-state index contributed by atoms with van der Waals surface area (Å²) in [5.74, 6) is 0.994. The largest absolute Gasteiger partial charge is 0.407 e. The quantitative estimate of drug-likeness (QED) is 0.688. The molecule has 0 radical (unpaired) electrons. The van der Waals surface area contributed by atoms with Crippen molar-refractivity contribution in [3.05, 3.63) is 5.89 Å². The van der Waals surface area contributed by atoms with Crippen molar-refractivity contribution in [2.45, 2.75) is 13.5 Å². The van der Waals surface area contributed by atoms with E-state index in [1.807, 2.05) is 7.05 Å². The lowest BCUT2D eigenvalue weighted by atomic mass is 10.2. The zero-order valence-electron chi connectivity index (χ0n) is 9.41. The number of methoxy groups -OCH3 is 1. The van der Waals surface area contributed by atoms with Crippen LogP contribution in [-0.4, -0.2) is 37.5 Å². The highest BCUT2D eigenvalue weighted by Gasteiger charge is 2.06. The first kappa shape index (κ1) is 11.9. The molecule has 1 atom stereocenters. The first-order valence-corrected chi connectivity index (χ1v) is 4.96. The molecule has 1 rings (SSSR count). The third-order valence-electron chi connectivity index (χ3n) is 1.85. The molecule has 6 heteroatoms. The molecule has 2 N–H and O–H groups in total. The molecule has 1 aromatic heterocycles. The average molecular weight is 214 g/mol. The first-order chi connectivity index (χ1) is 7.26. The van der Waals surface area contributed by atoms with E-state index in [0.717, 1.165) is 6.54 Å². The fourth-order valence-electron chi connectivity index (χ4n) is 1.15. The summed E-state index contributed by atoms with van der Waals surface area (Å²) in [7, 11) is 3.52. The highest BCUT2D eigenvalue weighted by atomic mass is 16.5. The molecule has 6 nitrogen and oxygen atoms in total. The van der Waals surface area contributed by atoms with Crippen molar-refractivity contribution in [2.24, 2.45) is 5.92 Å². The van der Waals surface area contributed by atoms with E-state index in [2.05, 4.69) is 27.8 Å². The lowest BCUT2D eigenvalue weighted by molar-refractivity contribution is 0.164. The number of nitrogens with zero attached hydrogens (tertiary/aromatic N) is 2. The topological polar surface area (TPSA) is 72.2 Å². The van der Waals surface area contributed by atoms with Gasteiger partial charge in [0.25, 0.3) is 0 Å². The molecule has 0 aromatic carbocycles. The average Bonchev–Trinajstić information content (AvgIpc) is 2.64. The Morgan fingerprint density at radius 2 is 2.27 bits per heavy atom. The molecule has 15 heavy (non-hydrogen) atoms. The Morgan fingerprint density at radius 3 is 2.93 bits per heavy atom. The van der Waals surface area contributed by atoms with Gasteiger partial charge in [-0.05, 0) is 13.0 Å². The molecular weight excluding hydrogens is 196 g/mol. The standard InChI is InChI=1S/C9H18N4O2/c1-7(6-14-3)4-11-9-13-12-8(15-9)5-10-2/h7,10H,4-6H2,1-3H3,(H,11,13). The molecule has 0 amide bonds. The third kappa shape index (κ3) is 4.26. The van der Waals surface area contributed by atoms with E-state index in [0.29, 0.717) is 31.0 Å². The smallest absolute Gasteiger partial charge is 0.315 e.